The van der Waals surface area contributed by atoms with E-state index in [4.69, 9.17) is 14.2 Å². The molecule has 98 valence electrons. The molecule has 2 heterocycles. The summed E-state index contributed by atoms with van der Waals surface area (Å²) in [6, 6.07) is 3.18. The van der Waals surface area contributed by atoms with E-state index in [0.717, 1.165) is 12.8 Å². The lowest BCUT2D eigenvalue weighted by molar-refractivity contribution is 0.170. The summed E-state index contributed by atoms with van der Waals surface area (Å²) in [7, 11) is 0. The van der Waals surface area contributed by atoms with Crippen LogP contribution in [0.2, 0.25) is 0 Å². The van der Waals surface area contributed by atoms with Crippen molar-refractivity contribution in [3.05, 3.63) is 23.5 Å². The van der Waals surface area contributed by atoms with Crippen molar-refractivity contribution in [3.63, 3.8) is 0 Å². The number of ether oxygens (including phenoxy) is 3. The van der Waals surface area contributed by atoms with Crippen molar-refractivity contribution >= 4 is 0 Å². The van der Waals surface area contributed by atoms with E-state index in [1.54, 1.807) is 6.07 Å². The van der Waals surface area contributed by atoms with Crippen LogP contribution in [0.3, 0.4) is 0 Å². The fourth-order valence-electron chi connectivity index (χ4n) is 2.39. The van der Waals surface area contributed by atoms with Gasteiger partial charge in [0.05, 0.1) is 12.2 Å². The molecule has 1 fully saturated rings. The zero-order valence-corrected chi connectivity index (χ0v) is 10.4. The summed E-state index contributed by atoms with van der Waals surface area (Å²) in [5.74, 6) is 0.950. The minimum Gasteiger partial charge on any atom is -0.486 e. The van der Waals surface area contributed by atoms with E-state index in [9.17, 15) is 4.39 Å². The molecule has 2 atom stereocenters. The first-order chi connectivity index (χ1) is 8.78. The van der Waals surface area contributed by atoms with Crippen molar-refractivity contribution in [1.82, 2.24) is 0 Å². The van der Waals surface area contributed by atoms with Crippen LogP contribution in [0.5, 0.6) is 11.5 Å². The molecule has 0 aliphatic carbocycles. The summed E-state index contributed by atoms with van der Waals surface area (Å²) in [5, 5.41) is 0. The summed E-state index contributed by atoms with van der Waals surface area (Å²) in [5.41, 5.74) is 0.685. The third kappa shape index (κ3) is 2.29. The lowest BCUT2D eigenvalue weighted by Gasteiger charge is -2.19. The van der Waals surface area contributed by atoms with E-state index in [1.807, 2.05) is 0 Å². The summed E-state index contributed by atoms with van der Waals surface area (Å²) < 4.78 is 30.1. The number of halogens is 1. The zero-order valence-electron chi connectivity index (χ0n) is 10.4. The van der Waals surface area contributed by atoms with E-state index in [2.05, 4.69) is 6.92 Å². The van der Waals surface area contributed by atoms with Crippen molar-refractivity contribution in [1.29, 1.82) is 0 Å². The molecule has 18 heavy (non-hydrogen) atoms. The molecular weight excluding hydrogens is 235 g/mol. The topological polar surface area (TPSA) is 31.0 Å². The number of hydrogen-bond acceptors (Lipinski definition) is 3. The molecule has 1 aromatic carbocycles. The van der Waals surface area contributed by atoms with Gasteiger partial charge in [0, 0.05) is 6.07 Å². The fourth-order valence-corrected chi connectivity index (χ4v) is 2.39. The number of fused-ring (bicyclic) bond motifs is 1. The molecule has 0 saturated carbocycles. The second kappa shape index (κ2) is 4.76. The lowest BCUT2D eigenvalue weighted by atomic mass is 10.0. The first-order valence-corrected chi connectivity index (χ1v) is 6.51. The van der Waals surface area contributed by atoms with Crippen LogP contribution in [0, 0.1) is 5.82 Å². The van der Waals surface area contributed by atoms with Crippen LogP contribution < -0.4 is 9.47 Å². The highest BCUT2D eigenvalue weighted by atomic mass is 19.1. The van der Waals surface area contributed by atoms with Crippen LogP contribution in [0.4, 0.5) is 4.39 Å². The first-order valence-electron chi connectivity index (χ1n) is 6.51. The van der Waals surface area contributed by atoms with Gasteiger partial charge in [-0.15, -0.1) is 0 Å². The molecule has 2 aliphatic rings. The van der Waals surface area contributed by atoms with Crippen LogP contribution in [0.15, 0.2) is 12.1 Å². The van der Waals surface area contributed by atoms with E-state index in [1.165, 1.54) is 6.07 Å². The summed E-state index contributed by atoms with van der Waals surface area (Å²) in [4.78, 5) is 0. The third-order valence-electron chi connectivity index (χ3n) is 3.50. The Hall–Kier alpha value is -1.29. The normalized spacial score (nSPS) is 25.0. The minimum atomic E-state index is -0.215. The standard InChI is InChI=1S/C14H17FO3/c1-2-11-12(18-11)4-3-9-7-13-14(8-10(9)15)17-6-5-16-13/h7-8,11-12H,2-6H2,1H3. The highest BCUT2D eigenvalue weighted by molar-refractivity contribution is 5.44. The van der Waals surface area contributed by atoms with Gasteiger partial charge in [-0.25, -0.2) is 4.39 Å². The van der Waals surface area contributed by atoms with Gasteiger partial charge < -0.3 is 14.2 Å². The molecule has 4 heteroatoms. The predicted molar refractivity (Wildman–Crippen MR) is 64.7 cm³/mol. The van der Waals surface area contributed by atoms with Gasteiger partial charge in [-0.05, 0) is 30.9 Å². The quantitative estimate of drug-likeness (QED) is 0.772. The van der Waals surface area contributed by atoms with E-state index in [0.29, 0.717) is 48.9 Å². The Morgan fingerprint density at radius 2 is 1.89 bits per heavy atom. The van der Waals surface area contributed by atoms with Crippen LogP contribution in [0.1, 0.15) is 25.3 Å². The lowest BCUT2D eigenvalue weighted by Crippen LogP contribution is -2.16. The number of benzene rings is 1. The van der Waals surface area contributed by atoms with Crippen molar-refractivity contribution in [3.8, 4) is 11.5 Å². The average Bonchev–Trinajstić information content (AvgIpc) is 3.15. The van der Waals surface area contributed by atoms with E-state index >= 15 is 0 Å². The Bertz CT molecular complexity index is 447. The molecule has 3 nitrogen and oxygen atoms in total. The largest absolute Gasteiger partial charge is 0.486 e. The summed E-state index contributed by atoms with van der Waals surface area (Å²) in [6.45, 7) is 3.12. The van der Waals surface area contributed by atoms with Gasteiger partial charge in [0.1, 0.15) is 19.0 Å². The van der Waals surface area contributed by atoms with Gasteiger partial charge in [0.25, 0.3) is 0 Å². The number of hydrogen-bond donors (Lipinski definition) is 0. The van der Waals surface area contributed by atoms with Gasteiger partial charge in [-0.2, -0.15) is 0 Å². The molecule has 0 bridgehead atoms. The maximum atomic E-state index is 13.9. The molecule has 2 unspecified atom stereocenters. The number of rotatable bonds is 4. The smallest absolute Gasteiger partial charge is 0.164 e. The molecular formula is C14H17FO3. The first kappa shape index (κ1) is 11.8. The van der Waals surface area contributed by atoms with Gasteiger partial charge in [-0.3, -0.25) is 0 Å². The highest BCUT2D eigenvalue weighted by Crippen LogP contribution is 2.34. The van der Waals surface area contributed by atoms with Gasteiger partial charge in [0.2, 0.25) is 0 Å². The van der Waals surface area contributed by atoms with Gasteiger partial charge >= 0.3 is 0 Å². The fraction of sp³-hybridized carbons (Fsp3) is 0.571. The summed E-state index contributed by atoms with van der Waals surface area (Å²) in [6.07, 6.45) is 3.28. The SMILES string of the molecule is CCC1OC1CCc1cc2c(cc1F)OCCO2. The highest BCUT2D eigenvalue weighted by Gasteiger charge is 2.36. The number of epoxide rings is 1. The molecule has 0 radical (unpaired) electrons. The third-order valence-corrected chi connectivity index (χ3v) is 3.50. The molecule has 0 aromatic heterocycles. The van der Waals surface area contributed by atoms with Crippen LogP contribution in [0.25, 0.3) is 0 Å². The zero-order chi connectivity index (χ0) is 12.5. The Morgan fingerprint density at radius 3 is 2.56 bits per heavy atom. The molecule has 0 N–H and O–H groups in total. The Balaban J connectivity index is 1.68. The minimum absolute atomic E-state index is 0.215. The Kier molecular flexibility index (Phi) is 3.12. The van der Waals surface area contributed by atoms with Crippen LogP contribution >= 0.6 is 0 Å². The van der Waals surface area contributed by atoms with Crippen LogP contribution in [-0.2, 0) is 11.2 Å². The van der Waals surface area contributed by atoms with Crippen LogP contribution in [-0.4, -0.2) is 25.4 Å². The molecule has 1 aromatic rings. The molecule has 0 amide bonds. The van der Waals surface area contributed by atoms with Crippen molar-refractivity contribution in [2.75, 3.05) is 13.2 Å². The second-order valence-corrected chi connectivity index (χ2v) is 4.75. The van der Waals surface area contributed by atoms with Gasteiger partial charge in [0.15, 0.2) is 11.5 Å². The Morgan fingerprint density at radius 1 is 1.17 bits per heavy atom. The van der Waals surface area contributed by atoms with E-state index in [-0.39, 0.29) is 5.82 Å². The van der Waals surface area contributed by atoms with Gasteiger partial charge in [-0.1, -0.05) is 6.92 Å². The monoisotopic (exact) mass is 252 g/mol. The van der Waals surface area contributed by atoms with E-state index < -0.39 is 0 Å². The summed E-state index contributed by atoms with van der Waals surface area (Å²) >= 11 is 0. The maximum Gasteiger partial charge on any atom is 0.164 e. The maximum absolute atomic E-state index is 13.9. The number of aryl methyl sites for hydroxylation is 1. The Labute approximate surface area is 106 Å². The van der Waals surface area contributed by atoms with Crippen molar-refractivity contribution in [2.24, 2.45) is 0 Å². The second-order valence-electron chi connectivity index (χ2n) is 4.75. The average molecular weight is 252 g/mol. The predicted octanol–water partition coefficient (Wildman–Crippen LogP) is 2.71. The molecule has 1 saturated heterocycles. The molecule has 2 aliphatic heterocycles. The molecule has 3 rings (SSSR count). The van der Waals surface area contributed by atoms with Crippen molar-refractivity contribution < 1.29 is 18.6 Å². The van der Waals surface area contributed by atoms with Crippen molar-refractivity contribution in [2.45, 2.75) is 38.4 Å². The molecule has 0 spiro atoms.